The van der Waals surface area contributed by atoms with Crippen molar-refractivity contribution >= 4 is 5.78 Å². The van der Waals surface area contributed by atoms with Crippen molar-refractivity contribution < 1.29 is 4.79 Å². The van der Waals surface area contributed by atoms with Crippen molar-refractivity contribution in [1.29, 1.82) is 0 Å². The molecule has 94 valence electrons. The lowest BCUT2D eigenvalue weighted by molar-refractivity contribution is -0.121. The van der Waals surface area contributed by atoms with E-state index in [1.807, 2.05) is 0 Å². The molecule has 0 aromatic carbocycles. The first kappa shape index (κ1) is 11.7. The second-order valence-corrected chi connectivity index (χ2v) is 6.38. The van der Waals surface area contributed by atoms with Gasteiger partial charge in [-0.2, -0.15) is 0 Å². The number of rotatable bonds is 0. The summed E-state index contributed by atoms with van der Waals surface area (Å²) >= 11 is 0. The SMILES string of the molecule is CC1(C)C(=O)C=C[C@@]2(C)C1=CC=C1C=CCC[C@@H]12. The Morgan fingerprint density at radius 3 is 2.72 bits per heavy atom. The highest BCUT2D eigenvalue weighted by atomic mass is 16.1. The van der Waals surface area contributed by atoms with Gasteiger partial charge in [-0.15, -0.1) is 0 Å². The first-order chi connectivity index (χ1) is 8.46. The van der Waals surface area contributed by atoms with E-state index in [-0.39, 0.29) is 16.6 Å². The molecule has 0 saturated carbocycles. The number of carbonyl (C=O) groups excluding carboxylic acids is 1. The molecule has 0 spiro atoms. The quantitative estimate of drug-likeness (QED) is 0.625. The highest BCUT2D eigenvalue weighted by Crippen LogP contribution is 2.55. The van der Waals surface area contributed by atoms with Crippen LogP contribution in [0, 0.1) is 16.7 Å². The summed E-state index contributed by atoms with van der Waals surface area (Å²) in [5.74, 6) is 0.764. The van der Waals surface area contributed by atoms with Crippen LogP contribution in [0.25, 0.3) is 0 Å². The van der Waals surface area contributed by atoms with Gasteiger partial charge in [0.25, 0.3) is 0 Å². The van der Waals surface area contributed by atoms with Gasteiger partial charge in [0, 0.05) is 10.8 Å². The molecule has 1 heteroatoms. The first-order valence-corrected chi connectivity index (χ1v) is 6.79. The molecule has 18 heavy (non-hydrogen) atoms. The fourth-order valence-corrected chi connectivity index (χ4v) is 3.81. The van der Waals surface area contributed by atoms with Gasteiger partial charge >= 0.3 is 0 Å². The Morgan fingerprint density at radius 2 is 1.94 bits per heavy atom. The van der Waals surface area contributed by atoms with Crippen LogP contribution in [0.2, 0.25) is 0 Å². The van der Waals surface area contributed by atoms with E-state index in [1.165, 1.54) is 17.6 Å². The van der Waals surface area contributed by atoms with E-state index in [0.717, 1.165) is 6.42 Å². The minimum absolute atomic E-state index is 0.0201. The van der Waals surface area contributed by atoms with Crippen LogP contribution in [0.15, 0.2) is 47.6 Å². The van der Waals surface area contributed by atoms with E-state index in [1.54, 1.807) is 6.08 Å². The van der Waals surface area contributed by atoms with Gasteiger partial charge in [0.1, 0.15) is 0 Å². The molecule has 0 saturated heterocycles. The molecule has 3 aliphatic carbocycles. The first-order valence-electron chi connectivity index (χ1n) is 6.79. The molecule has 0 aromatic heterocycles. The predicted octanol–water partition coefficient (Wildman–Crippen LogP) is 3.99. The maximum atomic E-state index is 12.1. The molecule has 3 aliphatic rings. The topological polar surface area (TPSA) is 17.1 Å². The lowest BCUT2D eigenvalue weighted by atomic mass is 9.54. The summed E-state index contributed by atoms with van der Waals surface area (Å²) < 4.78 is 0. The molecular formula is C17H20O. The zero-order valence-corrected chi connectivity index (χ0v) is 11.4. The summed E-state index contributed by atoms with van der Waals surface area (Å²) in [6.07, 6.45) is 15.2. The van der Waals surface area contributed by atoms with Crippen molar-refractivity contribution in [3.63, 3.8) is 0 Å². The Labute approximate surface area is 109 Å². The van der Waals surface area contributed by atoms with Gasteiger partial charge in [0.15, 0.2) is 5.78 Å². The Morgan fingerprint density at radius 1 is 1.17 bits per heavy atom. The van der Waals surface area contributed by atoms with Gasteiger partial charge in [-0.05, 0) is 49.8 Å². The van der Waals surface area contributed by atoms with Crippen LogP contribution in [0.3, 0.4) is 0 Å². The number of ketones is 1. The molecule has 0 unspecified atom stereocenters. The normalized spacial score (nSPS) is 36.6. The molecule has 0 fully saturated rings. The van der Waals surface area contributed by atoms with Gasteiger partial charge in [0.05, 0.1) is 0 Å². The van der Waals surface area contributed by atoms with E-state index >= 15 is 0 Å². The fourth-order valence-electron chi connectivity index (χ4n) is 3.81. The zero-order valence-electron chi connectivity index (χ0n) is 11.4. The molecule has 0 N–H and O–H groups in total. The molecule has 0 amide bonds. The van der Waals surface area contributed by atoms with Gasteiger partial charge in [-0.25, -0.2) is 0 Å². The molecule has 3 rings (SSSR count). The van der Waals surface area contributed by atoms with Crippen molar-refractivity contribution in [3.8, 4) is 0 Å². The lowest BCUT2D eigenvalue weighted by Gasteiger charge is -2.49. The van der Waals surface area contributed by atoms with Crippen LogP contribution in [0.5, 0.6) is 0 Å². The minimum Gasteiger partial charge on any atom is -0.294 e. The van der Waals surface area contributed by atoms with E-state index < -0.39 is 0 Å². The smallest absolute Gasteiger partial charge is 0.165 e. The van der Waals surface area contributed by atoms with Crippen LogP contribution >= 0.6 is 0 Å². The van der Waals surface area contributed by atoms with Gasteiger partial charge in [0.2, 0.25) is 0 Å². The summed E-state index contributed by atoms with van der Waals surface area (Å²) in [6, 6.07) is 0. The predicted molar refractivity (Wildman–Crippen MR) is 74.1 cm³/mol. The van der Waals surface area contributed by atoms with Crippen molar-refractivity contribution in [1.82, 2.24) is 0 Å². The summed E-state index contributed by atoms with van der Waals surface area (Å²) in [5, 5.41) is 0. The Bertz CT molecular complexity index is 528. The lowest BCUT2D eigenvalue weighted by Crippen LogP contribution is -2.43. The highest BCUT2D eigenvalue weighted by Gasteiger charge is 2.49. The van der Waals surface area contributed by atoms with Crippen molar-refractivity contribution in [3.05, 3.63) is 47.6 Å². The number of hydrogen-bond donors (Lipinski definition) is 0. The zero-order chi connectivity index (χ0) is 13.0. The highest BCUT2D eigenvalue weighted by molar-refractivity contribution is 5.98. The molecule has 0 aromatic rings. The van der Waals surface area contributed by atoms with Crippen LogP contribution in [0.1, 0.15) is 33.6 Å². The summed E-state index contributed by atoms with van der Waals surface area (Å²) in [7, 11) is 0. The summed E-state index contributed by atoms with van der Waals surface area (Å²) in [6.45, 7) is 6.40. The van der Waals surface area contributed by atoms with Crippen molar-refractivity contribution in [2.24, 2.45) is 16.7 Å². The van der Waals surface area contributed by atoms with E-state index in [0.29, 0.717) is 5.92 Å². The van der Waals surface area contributed by atoms with Crippen LogP contribution in [-0.2, 0) is 4.79 Å². The number of fused-ring (bicyclic) bond motifs is 3. The molecule has 1 nitrogen and oxygen atoms in total. The fraction of sp³-hybridized carbons (Fsp3) is 0.471. The number of hydrogen-bond acceptors (Lipinski definition) is 1. The average molecular weight is 240 g/mol. The monoisotopic (exact) mass is 240 g/mol. The van der Waals surface area contributed by atoms with E-state index in [4.69, 9.17) is 0 Å². The molecule has 2 atom stereocenters. The second-order valence-electron chi connectivity index (χ2n) is 6.38. The Hall–Kier alpha value is -1.37. The van der Waals surface area contributed by atoms with Crippen LogP contribution in [0.4, 0.5) is 0 Å². The maximum absolute atomic E-state index is 12.1. The third-order valence-corrected chi connectivity index (χ3v) is 4.95. The Kier molecular flexibility index (Phi) is 2.32. The minimum atomic E-state index is -0.354. The van der Waals surface area contributed by atoms with Gasteiger partial charge in [-0.1, -0.05) is 37.3 Å². The Balaban J connectivity index is 2.19. The van der Waals surface area contributed by atoms with Crippen molar-refractivity contribution in [2.75, 3.05) is 0 Å². The largest absolute Gasteiger partial charge is 0.294 e. The van der Waals surface area contributed by atoms with Crippen LogP contribution < -0.4 is 0 Å². The molecular weight excluding hydrogens is 220 g/mol. The van der Waals surface area contributed by atoms with Crippen molar-refractivity contribution in [2.45, 2.75) is 33.6 Å². The molecule has 0 bridgehead atoms. The summed E-state index contributed by atoms with van der Waals surface area (Å²) in [4.78, 5) is 12.1. The van der Waals surface area contributed by atoms with Crippen LogP contribution in [-0.4, -0.2) is 5.78 Å². The number of carbonyl (C=O) groups is 1. The van der Waals surface area contributed by atoms with Gasteiger partial charge < -0.3 is 0 Å². The standard InChI is InChI=1S/C17H20O/c1-16(2)14-9-8-12-6-4-5-7-13(12)17(14,3)11-10-15(16)18/h4,6,8-11,13H,5,7H2,1-3H3/t13-,17+/m0/s1. The molecule has 0 aliphatic heterocycles. The van der Waals surface area contributed by atoms with E-state index in [9.17, 15) is 4.79 Å². The maximum Gasteiger partial charge on any atom is 0.165 e. The third kappa shape index (κ3) is 1.36. The third-order valence-electron chi connectivity index (χ3n) is 4.95. The van der Waals surface area contributed by atoms with E-state index in [2.05, 4.69) is 51.2 Å². The number of allylic oxidation sites excluding steroid dienone is 8. The average Bonchev–Trinajstić information content (AvgIpc) is 2.35. The molecule has 0 radical (unpaired) electrons. The second kappa shape index (κ2) is 3.57. The summed E-state index contributed by atoms with van der Waals surface area (Å²) in [5.41, 5.74) is 2.37. The molecule has 0 heterocycles. The van der Waals surface area contributed by atoms with Gasteiger partial charge in [-0.3, -0.25) is 4.79 Å².